The van der Waals surface area contributed by atoms with Gasteiger partial charge in [0.2, 0.25) is 0 Å². The number of carbonyl (C=O) groups is 2. The van der Waals surface area contributed by atoms with Crippen molar-refractivity contribution in [2.45, 2.75) is 13.5 Å². The number of hydrogen-bond acceptors (Lipinski definition) is 4. The van der Waals surface area contributed by atoms with Crippen LogP contribution in [0.3, 0.4) is 0 Å². The van der Waals surface area contributed by atoms with Gasteiger partial charge in [-0.1, -0.05) is 29.8 Å². The molecule has 1 heterocycles. The fourth-order valence-corrected chi connectivity index (χ4v) is 1.54. The van der Waals surface area contributed by atoms with E-state index in [-0.39, 0.29) is 6.54 Å². The molecule has 0 aliphatic rings. The lowest BCUT2D eigenvalue weighted by atomic mass is 10.1. The van der Waals surface area contributed by atoms with Crippen LogP contribution < -0.4 is 10.7 Å². The standard InChI is InChI=1S/C15H15N3O3/c1-11-4-6-12(7-5-11)9-16-14(19)15(20)18-17-10-13-3-2-8-21-13/h2-8,10H,9H2,1H3,(H,16,19)(H,18,20)/b17-10-. The molecule has 0 aliphatic heterocycles. The summed E-state index contributed by atoms with van der Waals surface area (Å²) in [5, 5.41) is 6.14. The first-order valence-electron chi connectivity index (χ1n) is 6.35. The SMILES string of the molecule is Cc1ccc(CNC(=O)C(=O)N/N=C\c2ccco2)cc1. The average Bonchev–Trinajstić information content (AvgIpc) is 2.99. The van der Waals surface area contributed by atoms with Crippen molar-refractivity contribution in [1.82, 2.24) is 10.7 Å². The summed E-state index contributed by atoms with van der Waals surface area (Å²) in [4.78, 5) is 23.0. The average molecular weight is 285 g/mol. The van der Waals surface area contributed by atoms with Crippen molar-refractivity contribution in [3.63, 3.8) is 0 Å². The second kappa shape index (κ2) is 7.04. The summed E-state index contributed by atoms with van der Waals surface area (Å²) in [6.45, 7) is 2.27. The van der Waals surface area contributed by atoms with E-state index in [1.165, 1.54) is 12.5 Å². The Kier molecular flexibility index (Phi) is 4.87. The number of rotatable bonds is 4. The number of hydrogen-bond donors (Lipinski definition) is 2. The summed E-state index contributed by atoms with van der Waals surface area (Å²) in [5.41, 5.74) is 4.18. The molecule has 0 bridgehead atoms. The highest BCUT2D eigenvalue weighted by Crippen LogP contribution is 2.02. The fourth-order valence-electron chi connectivity index (χ4n) is 1.54. The van der Waals surface area contributed by atoms with E-state index < -0.39 is 11.8 Å². The molecule has 0 fully saturated rings. The molecule has 0 spiro atoms. The number of benzene rings is 1. The first-order valence-corrected chi connectivity index (χ1v) is 6.35. The summed E-state index contributed by atoms with van der Waals surface area (Å²) < 4.78 is 4.99. The highest BCUT2D eigenvalue weighted by molar-refractivity contribution is 6.35. The molecule has 108 valence electrons. The molecule has 2 N–H and O–H groups in total. The van der Waals surface area contributed by atoms with Crippen LogP contribution in [0.25, 0.3) is 0 Å². The maximum absolute atomic E-state index is 11.6. The van der Waals surface area contributed by atoms with E-state index in [1.807, 2.05) is 31.2 Å². The number of aryl methyl sites for hydroxylation is 1. The first kappa shape index (κ1) is 14.5. The van der Waals surface area contributed by atoms with Gasteiger partial charge in [-0.15, -0.1) is 0 Å². The number of furan rings is 1. The van der Waals surface area contributed by atoms with E-state index in [2.05, 4.69) is 15.8 Å². The monoisotopic (exact) mass is 285 g/mol. The minimum absolute atomic E-state index is 0.286. The van der Waals surface area contributed by atoms with Gasteiger partial charge in [0, 0.05) is 6.54 Å². The Balaban J connectivity index is 1.77. The van der Waals surface area contributed by atoms with Crippen molar-refractivity contribution in [2.24, 2.45) is 5.10 Å². The van der Waals surface area contributed by atoms with Gasteiger partial charge >= 0.3 is 11.8 Å². The normalized spacial score (nSPS) is 10.5. The zero-order valence-electron chi connectivity index (χ0n) is 11.5. The number of hydrazone groups is 1. The van der Waals surface area contributed by atoms with Crippen LogP contribution in [-0.4, -0.2) is 18.0 Å². The van der Waals surface area contributed by atoms with Crippen LogP contribution in [0, 0.1) is 6.92 Å². The topological polar surface area (TPSA) is 83.7 Å². The van der Waals surface area contributed by atoms with Crippen LogP contribution in [0.1, 0.15) is 16.9 Å². The summed E-state index contributed by atoms with van der Waals surface area (Å²) in [6, 6.07) is 11.0. The molecular weight excluding hydrogens is 270 g/mol. The lowest BCUT2D eigenvalue weighted by Crippen LogP contribution is -2.37. The molecule has 2 rings (SSSR count). The van der Waals surface area contributed by atoms with E-state index in [9.17, 15) is 9.59 Å². The third-order valence-corrected chi connectivity index (χ3v) is 2.68. The molecule has 2 amide bonds. The van der Waals surface area contributed by atoms with E-state index in [0.717, 1.165) is 11.1 Å². The number of carbonyl (C=O) groups excluding carboxylic acids is 2. The summed E-state index contributed by atoms with van der Waals surface area (Å²) in [6.07, 6.45) is 2.79. The van der Waals surface area contributed by atoms with Crippen molar-refractivity contribution < 1.29 is 14.0 Å². The smallest absolute Gasteiger partial charge is 0.329 e. The van der Waals surface area contributed by atoms with Gasteiger partial charge in [0.25, 0.3) is 0 Å². The van der Waals surface area contributed by atoms with Crippen molar-refractivity contribution in [3.05, 3.63) is 59.5 Å². The van der Waals surface area contributed by atoms with Gasteiger partial charge in [0.1, 0.15) is 5.76 Å². The molecule has 0 radical (unpaired) electrons. The van der Waals surface area contributed by atoms with E-state index in [4.69, 9.17) is 4.42 Å². The van der Waals surface area contributed by atoms with Crippen LogP contribution in [0.5, 0.6) is 0 Å². The maximum Gasteiger partial charge on any atom is 0.329 e. The number of amides is 2. The molecule has 0 saturated carbocycles. The maximum atomic E-state index is 11.6. The third kappa shape index (κ3) is 4.61. The van der Waals surface area contributed by atoms with Crippen LogP contribution >= 0.6 is 0 Å². The molecule has 6 heteroatoms. The van der Waals surface area contributed by atoms with Gasteiger partial charge in [-0.2, -0.15) is 5.10 Å². The largest absolute Gasteiger partial charge is 0.463 e. The second-order valence-electron chi connectivity index (χ2n) is 4.38. The molecule has 0 unspecified atom stereocenters. The first-order chi connectivity index (χ1) is 10.1. The molecule has 0 atom stereocenters. The van der Waals surface area contributed by atoms with Crippen molar-refractivity contribution in [3.8, 4) is 0 Å². The number of nitrogens with zero attached hydrogens (tertiary/aromatic N) is 1. The van der Waals surface area contributed by atoms with Crippen LogP contribution in [0.2, 0.25) is 0 Å². The molecule has 0 aliphatic carbocycles. The fraction of sp³-hybridized carbons (Fsp3) is 0.133. The summed E-state index contributed by atoms with van der Waals surface area (Å²) in [7, 11) is 0. The molecule has 2 aromatic rings. The lowest BCUT2D eigenvalue weighted by Gasteiger charge is -2.04. The molecule has 0 saturated heterocycles. The van der Waals surface area contributed by atoms with E-state index in [1.54, 1.807) is 12.1 Å². The van der Waals surface area contributed by atoms with Gasteiger partial charge in [-0.25, -0.2) is 5.43 Å². The van der Waals surface area contributed by atoms with Crippen LogP contribution in [0.4, 0.5) is 0 Å². The number of nitrogens with one attached hydrogen (secondary N) is 2. The van der Waals surface area contributed by atoms with Crippen molar-refractivity contribution in [2.75, 3.05) is 0 Å². The lowest BCUT2D eigenvalue weighted by molar-refractivity contribution is -0.139. The van der Waals surface area contributed by atoms with Gasteiger partial charge < -0.3 is 9.73 Å². The highest BCUT2D eigenvalue weighted by atomic mass is 16.3. The predicted molar refractivity (Wildman–Crippen MR) is 77.5 cm³/mol. The second-order valence-corrected chi connectivity index (χ2v) is 4.38. The summed E-state index contributed by atoms with van der Waals surface area (Å²) in [5.74, 6) is -1.09. The molecular formula is C15H15N3O3. The highest BCUT2D eigenvalue weighted by Gasteiger charge is 2.11. The molecule has 1 aromatic heterocycles. The van der Waals surface area contributed by atoms with Gasteiger partial charge in [0.05, 0.1) is 12.5 Å². The van der Waals surface area contributed by atoms with Gasteiger partial charge in [-0.3, -0.25) is 9.59 Å². The Morgan fingerprint density at radius 2 is 1.95 bits per heavy atom. The third-order valence-electron chi connectivity index (χ3n) is 2.68. The predicted octanol–water partition coefficient (Wildman–Crippen LogP) is 1.35. The Morgan fingerprint density at radius 3 is 2.62 bits per heavy atom. The zero-order chi connectivity index (χ0) is 15.1. The Labute approximate surface area is 121 Å². The molecule has 21 heavy (non-hydrogen) atoms. The van der Waals surface area contributed by atoms with E-state index in [0.29, 0.717) is 5.76 Å². The summed E-state index contributed by atoms with van der Waals surface area (Å²) >= 11 is 0. The minimum atomic E-state index is -0.829. The van der Waals surface area contributed by atoms with Gasteiger partial charge in [0.15, 0.2) is 0 Å². The molecule has 1 aromatic carbocycles. The minimum Gasteiger partial charge on any atom is -0.463 e. The van der Waals surface area contributed by atoms with Crippen molar-refractivity contribution in [1.29, 1.82) is 0 Å². The van der Waals surface area contributed by atoms with Crippen LogP contribution in [0.15, 0.2) is 52.2 Å². The molecule has 6 nitrogen and oxygen atoms in total. The Hall–Kier alpha value is -2.89. The van der Waals surface area contributed by atoms with Crippen LogP contribution in [-0.2, 0) is 16.1 Å². The van der Waals surface area contributed by atoms with Crippen molar-refractivity contribution >= 4 is 18.0 Å². The zero-order valence-corrected chi connectivity index (χ0v) is 11.5. The van der Waals surface area contributed by atoms with E-state index >= 15 is 0 Å². The van der Waals surface area contributed by atoms with Gasteiger partial charge in [-0.05, 0) is 24.6 Å². The Bertz CT molecular complexity index is 631. The quantitative estimate of drug-likeness (QED) is 0.505. The Morgan fingerprint density at radius 1 is 1.19 bits per heavy atom.